The standard InChI is InChI=1S/C50H43N4O2.C15H16N.Ir/c1-27(2)35-24-32(30-14-10-9-11-15-30)25-36(28(3)4)44(35)54-45-33-17-13-12-16-31(33)19-21-39(45)52-48(54)34-20-18-29(5)42-43-41(55-47(34)42)26-37-38(51-43)22-23-40-46(37)56-49(53-40)50(6,7)8;1-15(2,3)13-9-10-16-14(11-13)12-7-5-4-6-8-12;/h9-19,21-28H,1-8H3;4-7,9-11H,1-3H3;/q2*-1;/i5D3;;. The van der Waals surface area contributed by atoms with E-state index in [4.69, 9.17) is 27.9 Å². The summed E-state index contributed by atoms with van der Waals surface area (Å²) in [4.78, 5) is 19.7. The number of fused-ring (bicyclic) bond motifs is 9. The van der Waals surface area contributed by atoms with E-state index in [0.29, 0.717) is 50.4 Å². The molecular weight excluding hydrogens is 1070 g/mol. The Morgan fingerprint density at radius 2 is 1.34 bits per heavy atom. The van der Waals surface area contributed by atoms with Gasteiger partial charge in [-0.1, -0.05) is 148 Å². The van der Waals surface area contributed by atoms with Gasteiger partial charge in [-0.15, -0.1) is 53.6 Å². The number of aryl methyl sites for hydroxylation is 1. The van der Waals surface area contributed by atoms with Gasteiger partial charge in [-0.05, 0) is 104 Å². The monoisotopic (exact) mass is 1140 g/mol. The first-order valence-corrected chi connectivity index (χ1v) is 24.8. The van der Waals surface area contributed by atoms with Crippen molar-refractivity contribution in [1.29, 1.82) is 0 Å². The maximum absolute atomic E-state index is 8.67. The van der Waals surface area contributed by atoms with Gasteiger partial charge < -0.3 is 18.4 Å². The van der Waals surface area contributed by atoms with Crippen LogP contribution in [0.4, 0.5) is 0 Å². The third-order valence-electron chi connectivity index (χ3n) is 13.6. The first-order valence-electron chi connectivity index (χ1n) is 26.3. The van der Waals surface area contributed by atoms with Crippen molar-refractivity contribution < 1.29 is 33.1 Å². The Labute approximate surface area is 445 Å². The summed E-state index contributed by atoms with van der Waals surface area (Å²) in [5.41, 5.74) is 14.5. The molecule has 0 bridgehead atoms. The number of imidazole rings is 1. The van der Waals surface area contributed by atoms with Crippen LogP contribution in [0, 0.1) is 19.0 Å². The molecule has 0 fully saturated rings. The Morgan fingerprint density at radius 1 is 0.630 bits per heavy atom. The predicted molar refractivity (Wildman–Crippen MR) is 297 cm³/mol. The van der Waals surface area contributed by atoms with Crippen LogP contribution in [0.2, 0.25) is 0 Å². The Morgan fingerprint density at radius 3 is 2.04 bits per heavy atom. The van der Waals surface area contributed by atoms with Crippen LogP contribution in [-0.2, 0) is 30.9 Å². The van der Waals surface area contributed by atoms with Crippen LogP contribution < -0.4 is 0 Å². The van der Waals surface area contributed by atoms with Crippen LogP contribution in [0.25, 0.3) is 105 Å². The second-order valence-electron chi connectivity index (χ2n) is 21.5. The predicted octanol–water partition coefficient (Wildman–Crippen LogP) is 17.6. The summed E-state index contributed by atoms with van der Waals surface area (Å²) in [5, 5.41) is 3.29. The van der Waals surface area contributed by atoms with Gasteiger partial charge in [0, 0.05) is 52.3 Å². The van der Waals surface area contributed by atoms with Gasteiger partial charge in [0.25, 0.3) is 0 Å². The zero-order valence-electron chi connectivity index (χ0n) is 45.9. The molecule has 7 nitrogen and oxygen atoms in total. The van der Waals surface area contributed by atoms with E-state index < -0.39 is 6.85 Å². The average molecular weight is 1140 g/mol. The van der Waals surface area contributed by atoms with Crippen molar-refractivity contribution in [2.24, 2.45) is 0 Å². The van der Waals surface area contributed by atoms with Gasteiger partial charge >= 0.3 is 0 Å². The van der Waals surface area contributed by atoms with Crippen molar-refractivity contribution >= 4 is 65.9 Å². The van der Waals surface area contributed by atoms with Crippen LogP contribution in [0.3, 0.4) is 0 Å². The van der Waals surface area contributed by atoms with E-state index in [1.807, 2.05) is 54.7 Å². The maximum Gasteiger partial charge on any atom is 0.200 e. The first-order chi connectivity index (χ1) is 35.7. The third-order valence-corrected chi connectivity index (χ3v) is 13.6. The SMILES string of the molecule is CC(C)(C)c1ccnc(-c2[c-]cccc2)c1.[2H]C([2H])([2H])c1c[c-]c(-c2nc3ccc4ccccc4c3n2-c2c(C(C)C)cc(-c3ccccc3)cc2C(C)C)c2oc3cc4c(ccc5nc(C(C)(C)C)oc54)nc3c12.[Ir]. The average Bonchev–Trinajstić information content (AvgIpc) is 4.12. The smallest absolute Gasteiger partial charge is 0.200 e. The Kier molecular flexibility index (Phi) is 11.9. The number of benzene rings is 7. The van der Waals surface area contributed by atoms with Crippen LogP contribution >= 0.6 is 0 Å². The van der Waals surface area contributed by atoms with E-state index in [1.165, 1.54) is 16.7 Å². The second-order valence-corrected chi connectivity index (χ2v) is 21.5. The number of hydrogen-bond acceptors (Lipinski definition) is 6. The Balaban J connectivity index is 0.000000331. The van der Waals surface area contributed by atoms with Gasteiger partial charge in [0.05, 0.1) is 33.5 Å². The number of aromatic nitrogens is 5. The molecule has 0 spiro atoms. The molecule has 1 radical (unpaired) electrons. The van der Waals surface area contributed by atoms with E-state index >= 15 is 0 Å². The van der Waals surface area contributed by atoms with Gasteiger partial charge in [0.2, 0.25) is 5.89 Å². The number of rotatable bonds is 6. The van der Waals surface area contributed by atoms with Crippen molar-refractivity contribution in [3.8, 4) is 39.5 Å². The fraction of sp³-hybridized carbons (Fsp3) is 0.231. The van der Waals surface area contributed by atoms with Crippen molar-refractivity contribution in [1.82, 2.24) is 24.5 Å². The molecule has 5 aromatic heterocycles. The van der Waals surface area contributed by atoms with E-state index in [2.05, 4.69) is 176 Å². The molecule has 12 aromatic rings. The van der Waals surface area contributed by atoms with Gasteiger partial charge in [-0.3, -0.25) is 4.98 Å². The van der Waals surface area contributed by atoms with Crippen LogP contribution in [-0.4, -0.2) is 24.5 Å². The molecule has 12 rings (SSSR count). The van der Waals surface area contributed by atoms with Gasteiger partial charge in [0.15, 0.2) is 5.58 Å². The van der Waals surface area contributed by atoms with Crippen LogP contribution in [0.5, 0.6) is 0 Å². The molecule has 0 aliphatic heterocycles. The summed E-state index contributed by atoms with van der Waals surface area (Å²) in [6.45, 7) is 19.3. The number of oxazole rings is 1. The molecule has 5 heterocycles. The molecule has 7 aromatic carbocycles. The van der Waals surface area contributed by atoms with Crippen LogP contribution in [0.15, 0.2) is 155 Å². The third kappa shape index (κ3) is 8.95. The van der Waals surface area contributed by atoms with Crippen molar-refractivity contribution in [3.05, 3.63) is 186 Å². The molecule has 8 heteroatoms. The van der Waals surface area contributed by atoms with Crippen LogP contribution in [0.1, 0.15) is 113 Å². The largest absolute Gasteiger partial charge is 0.499 e. The molecule has 73 heavy (non-hydrogen) atoms. The molecule has 0 aliphatic rings. The summed E-state index contributed by atoms with van der Waals surface area (Å²) in [5.74, 6) is 1.51. The summed E-state index contributed by atoms with van der Waals surface area (Å²) in [6, 6.07) is 53.7. The number of furan rings is 1. The molecule has 0 amide bonds. The fourth-order valence-corrected chi connectivity index (χ4v) is 9.77. The fourth-order valence-electron chi connectivity index (χ4n) is 9.77. The van der Waals surface area contributed by atoms with E-state index in [-0.39, 0.29) is 48.3 Å². The first kappa shape index (κ1) is 45.6. The summed E-state index contributed by atoms with van der Waals surface area (Å²) >= 11 is 0. The van der Waals surface area contributed by atoms with E-state index in [9.17, 15) is 0 Å². The second kappa shape index (κ2) is 19.0. The van der Waals surface area contributed by atoms with Gasteiger partial charge in [-0.25, -0.2) is 9.97 Å². The number of nitrogens with zero attached hydrogens (tertiary/aromatic N) is 5. The minimum Gasteiger partial charge on any atom is -0.499 e. The summed E-state index contributed by atoms with van der Waals surface area (Å²) < 4.78 is 41.5. The van der Waals surface area contributed by atoms with Gasteiger partial charge in [-0.2, -0.15) is 0 Å². The summed E-state index contributed by atoms with van der Waals surface area (Å²) in [7, 11) is 0. The van der Waals surface area contributed by atoms with E-state index in [0.717, 1.165) is 60.8 Å². The number of pyridine rings is 2. The minimum absolute atomic E-state index is 0. The zero-order valence-corrected chi connectivity index (χ0v) is 45.3. The summed E-state index contributed by atoms with van der Waals surface area (Å²) in [6.07, 6.45) is 1.87. The topological polar surface area (TPSA) is 82.8 Å². The Bertz CT molecular complexity index is 4110. The molecule has 0 N–H and O–H groups in total. The molecule has 0 atom stereocenters. The molecular formula is C65H59IrN5O2-2. The quantitative estimate of drug-likeness (QED) is 0.154. The minimum atomic E-state index is -2.48. The van der Waals surface area contributed by atoms with Gasteiger partial charge in [0.1, 0.15) is 11.1 Å². The molecule has 0 saturated carbocycles. The Hall–Kier alpha value is -7.25. The van der Waals surface area contributed by atoms with Crippen molar-refractivity contribution in [2.75, 3.05) is 0 Å². The van der Waals surface area contributed by atoms with Crippen molar-refractivity contribution in [2.45, 2.75) is 98.8 Å². The molecule has 0 unspecified atom stereocenters. The molecule has 0 saturated heterocycles. The molecule has 367 valence electrons. The number of hydrogen-bond donors (Lipinski definition) is 0. The molecule has 0 aliphatic carbocycles. The van der Waals surface area contributed by atoms with Crippen molar-refractivity contribution in [3.63, 3.8) is 0 Å². The zero-order chi connectivity index (χ0) is 52.7. The van der Waals surface area contributed by atoms with E-state index in [1.54, 1.807) is 6.07 Å². The maximum atomic E-state index is 8.67. The normalized spacial score (nSPS) is 13.0.